The summed E-state index contributed by atoms with van der Waals surface area (Å²) in [6, 6.07) is 23.4. The van der Waals surface area contributed by atoms with Crippen LogP contribution in [0.2, 0.25) is 0 Å². The lowest BCUT2D eigenvalue weighted by atomic mass is 9.89. The maximum atomic E-state index is 10.3. The molecular formula is C25H25NO2. The molecule has 1 aliphatic carbocycles. The van der Waals surface area contributed by atoms with Gasteiger partial charge in [0.05, 0.1) is 18.2 Å². The summed E-state index contributed by atoms with van der Waals surface area (Å²) in [5.74, 6) is 0. The van der Waals surface area contributed by atoms with Crippen LogP contribution in [0.5, 0.6) is 0 Å². The Labute approximate surface area is 164 Å². The van der Waals surface area contributed by atoms with Crippen molar-refractivity contribution in [1.29, 1.82) is 0 Å². The number of aliphatic hydroxyl groups is 2. The van der Waals surface area contributed by atoms with Crippen LogP contribution in [0.3, 0.4) is 0 Å². The molecule has 0 aliphatic heterocycles. The molecule has 3 heteroatoms. The lowest BCUT2D eigenvalue weighted by Crippen LogP contribution is -2.50. The molecule has 1 aliphatic rings. The number of hydrogen-bond acceptors (Lipinski definition) is 3. The van der Waals surface area contributed by atoms with Crippen molar-refractivity contribution in [1.82, 2.24) is 5.32 Å². The molecule has 0 amide bonds. The van der Waals surface area contributed by atoms with Crippen molar-refractivity contribution in [2.75, 3.05) is 0 Å². The van der Waals surface area contributed by atoms with Crippen LogP contribution in [0.4, 0.5) is 0 Å². The highest BCUT2D eigenvalue weighted by molar-refractivity contribution is 6.18. The third kappa shape index (κ3) is 2.96. The van der Waals surface area contributed by atoms with Crippen LogP contribution in [0.25, 0.3) is 32.3 Å². The lowest BCUT2D eigenvalue weighted by molar-refractivity contribution is 0.000917. The van der Waals surface area contributed by atoms with E-state index in [1.54, 1.807) is 0 Å². The van der Waals surface area contributed by atoms with E-state index < -0.39 is 12.2 Å². The zero-order valence-corrected chi connectivity index (χ0v) is 15.8. The van der Waals surface area contributed by atoms with Crippen molar-refractivity contribution < 1.29 is 10.2 Å². The minimum atomic E-state index is -0.490. The van der Waals surface area contributed by atoms with E-state index in [4.69, 9.17) is 0 Å². The fraction of sp³-hybridized carbons (Fsp3) is 0.280. The topological polar surface area (TPSA) is 52.5 Å². The van der Waals surface area contributed by atoms with Crippen LogP contribution in [0.15, 0.2) is 66.7 Å². The van der Waals surface area contributed by atoms with Gasteiger partial charge in [0, 0.05) is 6.54 Å². The Hall–Kier alpha value is -2.46. The summed E-state index contributed by atoms with van der Waals surface area (Å²) in [6.45, 7) is 0.623. The first-order valence-corrected chi connectivity index (χ1v) is 10.1. The molecular weight excluding hydrogens is 346 g/mol. The van der Waals surface area contributed by atoms with Gasteiger partial charge in [0.1, 0.15) is 0 Å². The molecule has 5 rings (SSSR count). The fourth-order valence-corrected chi connectivity index (χ4v) is 4.73. The summed E-state index contributed by atoms with van der Waals surface area (Å²) < 4.78 is 0. The summed E-state index contributed by atoms with van der Waals surface area (Å²) in [5, 5.41) is 31.5. The summed E-state index contributed by atoms with van der Waals surface area (Å²) in [6.07, 6.45) is 1.40. The number of rotatable bonds is 3. The van der Waals surface area contributed by atoms with E-state index in [9.17, 15) is 10.2 Å². The van der Waals surface area contributed by atoms with Crippen LogP contribution in [-0.2, 0) is 6.54 Å². The largest absolute Gasteiger partial charge is 0.391 e. The number of aliphatic hydroxyl groups excluding tert-OH is 2. The normalized spacial score (nSPS) is 22.9. The average molecular weight is 371 g/mol. The predicted octanol–water partition coefficient (Wildman–Crippen LogP) is 4.51. The molecule has 0 heterocycles. The van der Waals surface area contributed by atoms with Crippen molar-refractivity contribution >= 4 is 32.3 Å². The zero-order chi connectivity index (χ0) is 19.1. The van der Waals surface area contributed by atoms with E-state index >= 15 is 0 Å². The molecule has 4 aromatic rings. The quantitative estimate of drug-likeness (QED) is 0.465. The molecule has 28 heavy (non-hydrogen) atoms. The molecule has 0 radical (unpaired) electrons. The Kier molecular flexibility index (Phi) is 4.52. The SMILES string of the molecule is OC1CCCC(O)C1NCc1cc2c3ccccc3ccc2c2ccccc12. The average Bonchev–Trinajstić information content (AvgIpc) is 2.73. The van der Waals surface area contributed by atoms with E-state index in [0.717, 1.165) is 19.3 Å². The Morgan fingerprint density at radius 3 is 2.14 bits per heavy atom. The van der Waals surface area contributed by atoms with E-state index in [-0.39, 0.29) is 6.04 Å². The minimum Gasteiger partial charge on any atom is -0.391 e. The molecule has 3 N–H and O–H groups in total. The Bertz CT molecular complexity index is 1140. The second-order valence-electron chi connectivity index (χ2n) is 7.94. The maximum Gasteiger partial charge on any atom is 0.0718 e. The number of hydrogen-bond donors (Lipinski definition) is 3. The highest BCUT2D eigenvalue weighted by Gasteiger charge is 2.30. The molecule has 0 aromatic heterocycles. The summed E-state index contributed by atoms with van der Waals surface area (Å²) in [4.78, 5) is 0. The summed E-state index contributed by atoms with van der Waals surface area (Å²) >= 11 is 0. The molecule has 0 bridgehead atoms. The van der Waals surface area contributed by atoms with E-state index in [2.05, 4.69) is 72.0 Å². The van der Waals surface area contributed by atoms with Gasteiger partial charge in [-0.25, -0.2) is 0 Å². The van der Waals surface area contributed by atoms with Crippen LogP contribution < -0.4 is 5.32 Å². The molecule has 1 saturated carbocycles. The van der Waals surface area contributed by atoms with Crippen LogP contribution >= 0.6 is 0 Å². The minimum absolute atomic E-state index is 0.268. The third-order valence-corrected chi connectivity index (χ3v) is 6.21. The zero-order valence-electron chi connectivity index (χ0n) is 15.8. The van der Waals surface area contributed by atoms with Crippen LogP contribution in [0, 0.1) is 0 Å². The second kappa shape index (κ2) is 7.17. The summed E-state index contributed by atoms with van der Waals surface area (Å²) in [7, 11) is 0. The second-order valence-corrected chi connectivity index (χ2v) is 7.94. The number of nitrogens with one attached hydrogen (secondary N) is 1. The molecule has 4 aromatic carbocycles. The first-order valence-electron chi connectivity index (χ1n) is 10.1. The Morgan fingerprint density at radius 1 is 0.714 bits per heavy atom. The van der Waals surface area contributed by atoms with Crippen molar-refractivity contribution in [2.24, 2.45) is 0 Å². The van der Waals surface area contributed by atoms with Gasteiger partial charge >= 0.3 is 0 Å². The summed E-state index contributed by atoms with van der Waals surface area (Å²) in [5.41, 5.74) is 1.20. The fourth-order valence-electron chi connectivity index (χ4n) is 4.73. The van der Waals surface area contributed by atoms with E-state index in [1.807, 2.05) is 0 Å². The number of benzene rings is 4. The molecule has 0 saturated heterocycles. The van der Waals surface area contributed by atoms with Gasteiger partial charge < -0.3 is 15.5 Å². The van der Waals surface area contributed by atoms with Crippen molar-refractivity contribution in [3.8, 4) is 0 Å². The molecule has 2 atom stereocenters. The van der Waals surface area contributed by atoms with Crippen molar-refractivity contribution in [3.05, 3.63) is 72.3 Å². The number of fused-ring (bicyclic) bond motifs is 5. The van der Waals surface area contributed by atoms with E-state index in [1.165, 1.54) is 37.9 Å². The highest BCUT2D eigenvalue weighted by Crippen LogP contribution is 2.33. The van der Waals surface area contributed by atoms with Crippen LogP contribution in [0.1, 0.15) is 24.8 Å². The highest BCUT2D eigenvalue weighted by atomic mass is 16.3. The predicted molar refractivity (Wildman–Crippen MR) is 115 cm³/mol. The molecule has 3 nitrogen and oxygen atoms in total. The van der Waals surface area contributed by atoms with Gasteiger partial charge in [-0.3, -0.25) is 0 Å². The maximum absolute atomic E-state index is 10.3. The van der Waals surface area contributed by atoms with Crippen LogP contribution in [-0.4, -0.2) is 28.5 Å². The van der Waals surface area contributed by atoms with Gasteiger partial charge in [-0.05, 0) is 63.2 Å². The van der Waals surface area contributed by atoms with Crippen molar-refractivity contribution in [2.45, 2.75) is 44.1 Å². The standard InChI is InChI=1S/C25H25NO2/c27-23-10-5-11-24(28)25(23)26-15-17-14-22-18-7-2-1-6-16(18)12-13-21(22)20-9-4-3-8-19(17)20/h1-4,6-9,12-14,23-28H,5,10-11,15H2. The lowest BCUT2D eigenvalue weighted by Gasteiger charge is -2.33. The van der Waals surface area contributed by atoms with Gasteiger partial charge in [0.25, 0.3) is 0 Å². The third-order valence-electron chi connectivity index (χ3n) is 6.21. The van der Waals surface area contributed by atoms with Gasteiger partial charge in [0.15, 0.2) is 0 Å². The first kappa shape index (κ1) is 17.6. The molecule has 142 valence electrons. The first-order chi connectivity index (χ1) is 13.7. The van der Waals surface area contributed by atoms with Gasteiger partial charge in [0.2, 0.25) is 0 Å². The Balaban J connectivity index is 1.63. The monoisotopic (exact) mass is 371 g/mol. The molecule has 2 unspecified atom stereocenters. The van der Waals surface area contributed by atoms with Crippen molar-refractivity contribution in [3.63, 3.8) is 0 Å². The molecule has 0 spiro atoms. The smallest absolute Gasteiger partial charge is 0.0718 e. The van der Waals surface area contributed by atoms with Gasteiger partial charge in [-0.1, -0.05) is 60.7 Å². The van der Waals surface area contributed by atoms with Gasteiger partial charge in [-0.2, -0.15) is 0 Å². The molecule has 1 fully saturated rings. The Morgan fingerprint density at radius 2 is 1.36 bits per heavy atom. The van der Waals surface area contributed by atoms with E-state index in [0.29, 0.717) is 6.54 Å². The van der Waals surface area contributed by atoms with Gasteiger partial charge in [-0.15, -0.1) is 0 Å².